The van der Waals surface area contributed by atoms with Crippen molar-refractivity contribution in [2.75, 3.05) is 18.0 Å². The van der Waals surface area contributed by atoms with E-state index in [1.165, 1.54) is 0 Å². The van der Waals surface area contributed by atoms with Gasteiger partial charge in [0.1, 0.15) is 5.52 Å². The first-order valence-corrected chi connectivity index (χ1v) is 7.00. The highest BCUT2D eigenvalue weighted by Crippen LogP contribution is 2.24. The minimum atomic E-state index is 0.253. The molecular formula is C14H21N5. The number of fused-ring (bicyclic) bond motifs is 1. The van der Waals surface area contributed by atoms with Crippen LogP contribution in [0, 0.1) is 0 Å². The monoisotopic (exact) mass is 259 g/mol. The van der Waals surface area contributed by atoms with Gasteiger partial charge in [-0.25, -0.2) is 9.50 Å². The van der Waals surface area contributed by atoms with Crippen molar-refractivity contribution in [1.82, 2.24) is 14.6 Å². The Morgan fingerprint density at radius 2 is 2.26 bits per heavy atom. The topological polar surface area (TPSA) is 59.5 Å². The molecule has 3 heterocycles. The molecule has 0 bridgehead atoms. The fourth-order valence-electron chi connectivity index (χ4n) is 2.66. The molecule has 1 atom stereocenters. The van der Waals surface area contributed by atoms with Gasteiger partial charge >= 0.3 is 0 Å². The van der Waals surface area contributed by atoms with Gasteiger partial charge in [-0.05, 0) is 24.8 Å². The van der Waals surface area contributed by atoms with E-state index < -0.39 is 0 Å². The van der Waals surface area contributed by atoms with Gasteiger partial charge in [0.25, 0.3) is 0 Å². The van der Waals surface area contributed by atoms with Crippen LogP contribution in [0.1, 0.15) is 38.3 Å². The Labute approximate surface area is 113 Å². The number of nitrogens with two attached hydrogens (primary N) is 1. The van der Waals surface area contributed by atoms with Crippen molar-refractivity contribution in [1.29, 1.82) is 0 Å². The first kappa shape index (κ1) is 12.4. The van der Waals surface area contributed by atoms with Crippen LogP contribution >= 0.6 is 0 Å². The molecular weight excluding hydrogens is 238 g/mol. The van der Waals surface area contributed by atoms with Crippen LogP contribution in [0.25, 0.3) is 5.52 Å². The summed E-state index contributed by atoms with van der Waals surface area (Å²) in [5, 5.41) is 4.61. The maximum absolute atomic E-state index is 6.07. The molecule has 19 heavy (non-hydrogen) atoms. The van der Waals surface area contributed by atoms with Crippen molar-refractivity contribution >= 4 is 11.3 Å². The lowest BCUT2D eigenvalue weighted by molar-refractivity contribution is 0.503. The molecule has 2 N–H and O–H groups in total. The Morgan fingerprint density at radius 3 is 3.00 bits per heavy atom. The lowest BCUT2D eigenvalue weighted by atomic mass is 10.1. The summed E-state index contributed by atoms with van der Waals surface area (Å²) >= 11 is 0. The van der Waals surface area contributed by atoms with Crippen LogP contribution in [0.4, 0.5) is 5.82 Å². The molecule has 1 saturated heterocycles. The van der Waals surface area contributed by atoms with Crippen LogP contribution in [0.5, 0.6) is 0 Å². The van der Waals surface area contributed by atoms with Gasteiger partial charge in [-0.15, -0.1) is 0 Å². The molecule has 2 aromatic rings. The van der Waals surface area contributed by atoms with Crippen molar-refractivity contribution in [2.45, 2.75) is 38.6 Å². The van der Waals surface area contributed by atoms with Crippen LogP contribution in [-0.4, -0.2) is 33.7 Å². The zero-order chi connectivity index (χ0) is 13.4. The predicted octanol–water partition coefficient (Wildman–Crippen LogP) is 1.78. The van der Waals surface area contributed by atoms with E-state index in [1.54, 1.807) is 0 Å². The largest absolute Gasteiger partial charge is 0.353 e. The molecule has 0 aromatic carbocycles. The molecule has 0 spiro atoms. The highest BCUT2D eigenvalue weighted by atomic mass is 15.3. The third kappa shape index (κ3) is 2.30. The summed E-state index contributed by atoms with van der Waals surface area (Å²) in [6.45, 7) is 6.23. The summed E-state index contributed by atoms with van der Waals surface area (Å²) in [6, 6.07) is 2.40. The SMILES string of the molecule is CC(C)c1cc2c(N3CCCC(N)C3)nccn2n1. The number of aromatic nitrogens is 3. The standard InChI is InChI=1S/C14H21N5/c1-10(2)12-8-13-14(16-5-7-19(13)17-12)18-6-3-4-11(15)9-18/h5,7-8,10-11H,3-4,6,9,15H2,1-2H3. The van der Waals surface area contributed by atoms with Gasteiger partial charge in [0, 0.05) is 31.5 Å². The normalized spacial score (nSPS) is 20.4. The Hall–Kier alpha value is -1.62. The third-order valence-electron chi connectivity index (χ3n) is 3.74. The Kier molecular flexibility index (Phi) is 3.14. The first-order chi connectivity index (χ1) is 9.15. The second kappa shape index (κ2) is 4.81. The first-order valence-electron chi connectivity index (χ1n) is 7.00. The second-order valence-corrected chi connectivity index (χ2v) is 5.65. The summed E-state index contributed by atoms with van der Waals surface area (Å²) in [5.41, 5.74) is 8.26. The van der Waals surface area contributed by atoms with Gasteiger partial charge in [-0.2, -0.15) is 5.10 Å². The van der Waals surface area contributed by atoms with Crippen molar-refractivity contribution in [2.24, 2.45) is 5.73 Å². The number of rotatable bonds is 2. The molecule has 1 fully saturated rings. The van der Waals surface area contributed by atoms with Gasteiger partial charge in [0.2, 0.25) is 0 Å². The molecule has 5 nitrogen and oxygen atoms in total. The molecule has 1 unspecified atom stereocenters. The number of hydrogen-bond acceptors (Lipinski definition) is 4. The summed E-state index contributed by atoms with van der Waals surface area (Å²) in [5.74, 6) is 1.44. The predicted molar refractivity (Wildman–Crippen MR) is 76.5 cm³/mol. The Morgan fingerprint density at radius 1 is 1.42 bits per heavy atom. The lowest BCUT2D eigenvalue weighted by Crippen LogP contribution is -2.43. The van der Waals surface area contributed by atoms with E-state index in [9.17, 15) is 0 Å². The van der Waals surface area contributed by atoms with Crippen molar-refractivity contribution < 1.29 is 0 Å². The molecule has 0 saturated carbocycles. The summed E-state index contributed by atoms with van der Waals surface area (Å²) in [4.78, 5) is 6.83. The minimum absolute atomic E-state index is 0.253. The zero-order valence-corrected chi connectivity index (χ0v) is 11.6. The van der Waals surface area contributed by atoms with E-state index in [4.69, 9.17) is 5.73 Å². The van der Waals surface area contributed by atoms with Gasteiger partial charge in [0.05, 0.1) is 5.69 Å². The van der Waals surface area contributed by atoms with Crippen LogP contribution in [0.15, 0.2) is 18.5 Å². The molecule has 5 heteroatoms. The number of anilines is 1. The molecule has 0 amide bonds. The van der Waals surface area contributed by atoms with Crippen LogP contribution in [0.3, 0.4) is 0 Å². The number of nitrogens with zero attached hydrogens (tertiary/aromatic N) is 4. The smallest absolute Gasteiger partial charge is 0.154 e. The summed E-state index contributed by atoms with van der Waals surface area (Å²) in [6.07, 6.45) is 5.97. The minimum Gasteiger partial charge on any atom is -0.353 e. The van der Waals surface area contributed by atoms with E-state index in [2.05, 4.69) is 34.9 Å². The number of hydrogen-bond donors (Lipinski definition) is 1. The fourth-order valence-corrected chi connectivity index (χ4v) is 2.66. The maximum Gasteiger partial charge on any atom is 0.154 e. The van der Waals surface area contributed by atoms with E-state index >= 15 is 0 Å². The van der Waals surface area contributed by atoms with E-state index in [0.29, 0.717) is 5.92 Å². The van der Waals surface area contributed by atoms with Crippen LogP contribution < -0.4 is 10.6 Å². The quantitative estimate of drug-likeness (QED) is 0.893. The Balaban J connectivity index is 2.02. The molecule has 0 aliphatic carbocycles. The molecule has 2 aromatic heterocycles. The number of piperidine rings is 1. The highest BCUT2D eigenvalue weighted by molar-refractivity contribution is 5.69. The molecule has 0 radical (unpaired) electrons. The van der Waals surface area contributed by atoms with Crippen molar-refractivity contribution in [3.8, 4) is 0 Å². The highest BCUT2D eigenvalue weighted by Gasteiger charge is 2.20. The zero-order valence-electron chi connectivity index (χ0n) is 11.6. The van der Waals surface area contributed by atoms with Crippen molar-refractivity contribution in [3.05, 3.63) is 24.2 Å². The molecule has 102 valence electrons. The van der Waals surface area contributed by atoms with Crippen LogP contribution in [-0.2, 0) is 0 Å². The van der Waals surface area contributed by atoms with Crippen molar-refractivity contribution in [3.63, 3.8) is 0 Å². The Bertz CT molecular complexity index is 574. The molecule has 1 aliphatic rings. The van der Waals surface area contributed by atoms with E-state index in [0.717, 1.165) is 43.0 Å². The summed E-state index contributed by atoms with van der Waals surface area (Å²) < 4.78 is 1.93. The second-order valence-electron chi connectivity index (χ2n) is 5.65. The maximum atomic E-state index is 6.07. The average molecular weight is 259 g/mol. The molecule has 3 rings (SSSR count). The van der Waals surface area contributed by atoms with Gasteiger partial charge < -0.3 is 10.6 Å². The third-order valence-corrected chi connectivity index (χ3v) is 3.74. The average Bonchev–Trinajstić information content (AvgIpc) is 2.82. The summed E-state index contributed by atoms with van der Waals surface area (Å²) in [7, 11) is 0. The van der Waals surface area contributed by atoms with E-state index in [-0.39, 0.29) is 6.04 Å². The lowest BCUT2D eigenvalue weighted by Gasteiger charge is -2.31. The van der Waals surface area contributed by atoms with E-state index in [1.807, 2.05) is 16.9 Å². The fraction of sp³-hybridized carbons (Fsp3) is 0.571. The van der Waals surface area contributed by atoms with Crippen LogP contribution in [0.2, 0.25) is 0 Å². The van der Waals surface area contributed by atoms with Gasteiger partial charge in [0.15, 0.2) is 5.82 Å². The van der Waals surface area contributed by atoms with Gasteiger partial charge in [-0.3, -0.25) is 0 Å². The van der Waals surface area contributed by atoms with Gasteiger partial charge in [-0.1, -0.05) is 13.8 Å². The molecule has 1 aliphatic heterocycles.